The van der Waals surface area contributed by atoms with E-state index in [0.717, 1.165) is 6.26 Å². The third-order valence-corrected chi connectivity index (χ3v) is 4.11. The summed E-state index contributed by atoms with van der Waals surface area (Å²) in [6.45, 7) is 5.97. The Kier molecular flexibility index (Phi) is 5.78. The Balaban J connectivity index is 2.75. The van der Waals surface area contributed by atoms with Crippen molar-refractivity contribution in [2.24, 2.45) is 0 Å². The third-order valence-electron chi connectivity index (χ3n) is 2.58. The molecule has 5 nitrogen and oxygen atoms in total. The molecule has 0 aromatic heterocycles. The summed E-state index contributed by atoms with van der Waals surface area (Å²) in [5.41, 5.74) is 0.173. The van der Waals surface area contributed by atoms with Crippen molar-refractivity contribution in [1.29, 1.82) is 0 Å². The van der Waals surface area contributed by atoms with Crippen LogP contribution in [0.3, 0.4) is 0 Å². The van der Waals surface area contributed by atoms with Gasteiger partial charge in [-0.1, -0.05) is 17.7 Å². The van der Waals surface area contributed by atoms with E-state index in [9.17, 15) is 13.2 Å². The molecule has 7 heteroatoms. The largest absolute Gasteiger partial charge is 0.350 e. The minimum Gasteiger partial charge on any atom is -0.350 e. The van der Waals surface area contributed by atoms with Crippen LogP contribution in [0.2, 0.25) is 5.02 Å². The lowest BCUT2D eigenvalue weighted by Gasteiger charge is -2.20. The first-order valence-electron chi connectivity index (χ1n) is 6.50. The van der Waals surface area contributed by atoms with Crippen LogP contribution in [-0.2, 0) is 21.2 Å². The fourth-order valence-electron chi connectivity index (χ4n) is 1.82. The zero-order chi connectivity index (χ0) is 16.3. The Labute approximate surface area is 131 Å². The quantitative estimate of drug-likeness (QED) is 0.861. The zero-order valence-corrected chi connectivity index (χ0v) is 14.2. The van der Waals surface area contributed by atoms with Gasteiger partial charge in [-0.3, -0.25) is 4.79 Å². The molecule has 1 aromatic rings. The summed E-state index contributed by atoms with van der Waals surface area (Å²) in [5, 5.41) is 6.09. The average Bonchev–Trinajstić information content (AvgIpc) is 2.27. The van der Waals surface area contributed by atoms with Crippen molar-refractivity contribution in [2.45, 2.75) is 37.8 Å². The molecule has 0 heterocycles. The van der Waals surface area contributed by atoms with Crippen LogP contribution in [0, 0.1) is 0 Å². The number of benzene rings is 1. The Morgan fingerprint density at radius 1 is 1.29 bits per heavy atom. The van der Waals surface area contributed by atoms with Gasteiger partial charge in [-0.2, -0.15) is 0 Å². The van der Waals surface area contributed by atoms with Crippen LogP contribution in [0.5, 0.6) is 0 Å². The lowest BCUT2D eigenvalue weighted by atomic mass is 10.1. The number of sulfone groups is 1. The van der Waals surface area contributed by atoms with Gasteiger partial charge in [0, 0.05) is 28.9 Å². The molecule has 0 fully saturated rings. The van der Waals surface area contributed by atoms with Crippen molar-refractivity contribution in [3.05, 3.63) is 28.8 Å². The standard InChI is InChI=1S/C14H21ClN2O3S/c1-14(2,3)17-13(18)9-16-8-10-11(15)6-5-7-12(10)21(4,19)20/h5-7,16H,8-9H2,1-4H3,(H,17,18). The number of hydrogen-bond donors (Lipinski definition) is 2. The predicted octanol–water partition coefficient (Wildman–Crippen LogP) is 1.75. The predicted molar refractivity (Wildman–Crippen MR) is 84.2 cm³/mol. The number of rotatable bonds is 5. The number of carbonyl (C=O) groups excluding carboxylic acids is 1. The van der Waals surface area contributed by atoms with Crippen LogP contribution >= 0.6 is 11.6 Å². The zero-order valence-electron chi connectivity index (χ0n) is 12.7. The van der Waals surface area contributed by atoms with Gasteiger partial charge in [0.15, 0.2) is 9.84 Å². The van der Waals surface area contributed by atoms with Crippen molar-refractivity contribution in [2.75, 3.05) is 12.8 Å². The summed E-state index contributed by atoms with van der Waals surface area (Å²) in [5.74, 6) is -0.157. The third kappa shape index (κ3) is 6.03. The molecule has 0 bridgehead atoms. The first kappa shape index (κ1) is 17.9. The van der Waals surface area contributed by atoms with Crippen molar-refractivity contribution >= 4 is 27.3 Å². The van der Waals surface area contributed by atoms with Crippen molar-refractivity contribution in [3.63, 3.8) is 0 Å². The number of halogens is 1. The molecule has 1 amide bonds. The monoisotopic (exact) mass is 332 g/mol. The molecule has 0 aliphatic carbocycles. The van der Waals surface area contributed by atoms with E-state index in [4.69, 9.17) is 11.6 Å². The van der Waals surface area contributed by atoms with Gasteiger partial charge >= 0.3 is 0 Å². The van der Waals surface area contributed by atoms with Crippen LogP contribution in [-0.4, -0.2) is 32.7 Å². The molecule has 0 aliphatic heterocycles. The summed E-state index contributed by atoms with van der Waals surface area (Å²) in [6, 6.07) is 4.73. The highest BCUT2D eigenvalue weighted by Gasteiger charge is 2.17. The molecule has 1 aromatic carbocycles. The van der Waals surface area contributed by atoms with E-state index in [1.807, 2.05) is 20.8 Å². The molecule has 0 unspecified atom stereocenters. The fraction of sp³-hybridized carbons (Fsp3) is 0.500. The molecule has 0 spiro atoms. The second-order valence-corrected chi connectivity index (χ2v) is 8.28. The summed E-state index contributed by atoms with van der Waals surface area (Å²) in [6.07, 6.45) is 1.13. The van der Waals surface area contributed by atoms with E-state index in [1.54, 1.807) is 12.1 Å². The second-order valence-electron chi connectivity index (χ2n) is 5.89. The van der Waals surface area contributed by atoms with E-state index in [-0.39, 0.29) is 29.4 Å². The van der Waals surface area contributed by atoms with Gasteiger partial charge in [0.1, 0.15) is 0 Å². The molecule has 0 atom stereocenters. The van der Waals surface area contributed by atoms with Crippen LogP contribution < -0.4 is 10.6 Å². The van der Waals surface area contributed by atoms with Crippen LogP contribution in [0.4, 0.5) is 0 Å². The minimum atomic E-state index is -3.36. The van der Waals surface area contributed by atoms with Crippen molar-refractivity contribution in [3.8, 4) is 0 Å². The highest BCUT2D eigenvalue weighted by atomic mass is 35.5. The van der Waals surface area contributed by atoms with Gasteiger partial charge in [0.25, 0.3) is 0 Å². The summed E-state index contributed by atoms with van der Waals surface area (Å²) >= 11 is 6.05. The van der Waals surface area contributed by atoms with Crippen LogP contribution in [0.1, 0.15) is 26.3 Å². The van der Waals surface area contributed by atoms with Gasteiger partial charge in [0.05, 0.1) is 11.4 Å². The van der Waals surface area contributed by atoms with E-state index in [1.165, 1.54) is 6.07 Å². The van der Waals surface area contributed by atoms with E-state index < -0.39 is 9.84 Å². The molecule has 118 valence electrons. The summed E-state index contributed by atoms with van der Waals surface area (Å²) < 4.78 is 23.4. The van der Waals surface area contributed by atoms with Crippen LogP contribution in [0.25, 0.3) is 0 Å². The summed E-state index contributed by atoms with van der Waals surface area (Å²) in [4.78, 5) is 11.9. The maximum absolute atomic E-state index is 11.7. The Hall–Kier alpha value is -1.11. The number of hydrogen-bond acceptors (Lipinski definition) is 4. The Morgan fingerprint density at radius 2 is 1.90 bits per heavy atom. The molecule has 21 heavy (non-hydrogen) atoms. The van der Waals surface area contributed by atoms with E-state index in [2.05, 4.69) is 10.6 Å². The first-order chi connectivity index (χ1) is 9.50. The molecule has 0 saturated carbocycles. The highest BCUT2D eigenvalue weighted by molar-refractivity contribution is 7.90. The van der Waals surface area contributed by atoms with Crippen LogP contribution in [0.15, 0.2) is 23.1 Å². The van der Waals surface area contributed by atoms with E-state index >= 15 is 0 Å². The van der Waals surface area contributed by atoms with E-state index in [0.29, 0.717) is 10.6 Å². The Morgan fingerprint density at radius 3 is 2.43 bits per heavy atom. The van der Waals surface area contributed by atoms with Gasteiger partial charge in [-0.15, -0.1) is 0 Å². The minimum absolute atomic E-state index is 0.0890. The van der Waals surface area contributed by atoms with Gasteiger partial charge in [-0.25, -0.2) is 8.42 Å². The first-order valence-corrected chi connectivity index (χ1v) is 8.77. The second kappa shape index (κ2) is 6.77. The number of nitrogens with one attached hydrogen (secondary N) is 2. The molecule has 0 saturated heterocycles. The van der Waals surface area contributed by atoms with Gasteiger partial charge in [0.2, 0.25) is 5.91 Å². The topological polar surface area (TPSA) is 75.3 Å². The van der Waals surface area contributed by atoms with Gasteiger partial charge in [-0.05, 0) is 32.9 Å². The lowest BCUT2D eigenvalue weighted by Crippen LogP contribution is -2.44. The average molecular weight is 333 g/mol. The SMILES string of the molecule is CC(C)(C)NC(=O)CNCc1c(Cl)cccc1S(C)(=O)=O. The molecule has 1 rings (SSSR count). The molecule has 0 aliphatic rings. The highest BCUT2D eigenvalue weighted by Crippen LogP contribution is 2.23. The molecule has 0 radical (unpaired) electrons. The molecular formula is C14H21ClN2O3S. The maximum atomic E-state index is 11.7. The lowest BCUT2D eigenvalue weighted by molar-refractivity contribution is -0.121. The number of carbonyl (C=O) groups is 1. The summed E-state index contributed by atoms with van der Waals surface area (Å²) in [7, 11) is -3.36. The fourth-order valence-corrected chi connectivity index (χ4v) is 3.07. The van der Waals surface area contributed by atoms with Crippen molar-refractivity contribution < 1.29 is 13.2 Å². The van der Waals surface area contributed by atoms with Crippen molar-refractivity contribution in [1.82, 2.24) is 10.6 Å². The molecule has 2 N–H and O–H groups in total. The number of amides is 1. The Bertz CT molecular complexity index is 622. The van der Waals surface area contributed by atoms with Gasteiger partial charge < -0.3 is 10.6 Å². The molecular weight excluding hydrogens is 312 g/mol. The maximum Gasteiger partial charge on any atom is 0.234 e. The smallest absolute Gasteiger partial charge is 0.234 e. The normalized spacial score (nSPS) is 12.2.